The molecule has 0 rings (SSSR count). The highest BCUT2D eigenvalue weighted by molar-refractivity contribution is 5.62. The molecule has 0 aromatic carbocycles. The summed E-state index contributed by atoms with van der Waals surface area (Å²) in [7, 11) is 0. The van der Waals surface area contributed by atoms with Gasteiger partial charge in [0.15, 0.2) is 0 Å². The van der Waals surface area contributed by atoms with Gasteiger partial charge in [-0.2, -0.15) is 0 Å². The number of hydrogen-bond acceptors (Lipinski definition) is 7. The summed E-state index contributed by atoms with van der Waals surface area (Å²) >= 11 is 0. The molecule has 0 aliphatic heterocycles. The van der Waals surface area contributed by atoms with Gasteiger partial charge in [-0.15, -0.1) is 0 Å². The van der Waals surface area contributed by atoms with Crippen LogP contribution in [0.15, 0.2) is 12.2 Å². The molecule has 1 atom stereocenters. The Morgan fingerprint density at radius 3 is 1.69 bits per heavy atom. The van der Waals surface area contributed by atoms with Crippen LogP contribution in [0.25, 0.3) is 0 Å². The second kappa shape index (κ2) is 28.5. The number of carboxylic acid groups (broad SMARTS) is 1. The van der Waals surface area contributed by atoms with Crippen LogP contribution in [-0.4, -0.2) is 83.9 Å². The van der Waals surface area contributed by atoms with Crippen molar-refractivity contribution < 1.29 is 39.8 Å². The van der Waals surface area contributed by atoms with E-state index in [1.54, 1.807) is 0 Å². The standard InChI is InChI=1S/C26H52O6.C2H4O2/c1-2-3-4-5-6-7-8-9-10-11-12-13-14-15-16-17-18-31-23-26(21-28,22-29)24-32-20-25(30)19-27;1-2(3)4/h9-10,25,27-30H,2-8,11-24H2,1H3;1H3,(H,3,4)/b10-9-;. The molecule has 1 unspecified atom stereocenters. The zero-order chi connectivity index (χ0) is 27.3. The summed E-state index contributed by atoms with van der Waals surface area (Å²) in [5.74, 6) is -0.833. The van der Waals surface area contributed by atoms with E-state index in [2.05, 4.69) is 19.1 Å². The Kier molecular flexibility index (Phi) is 29.4. The Balaban J connectivity index is 0. The molecule has 0 amide bonds. The monoisotopic (exact) mass is 520 g/mol. The molecule has 0 aliphatic carbocycles. The molecule has 5 N–H and O–H groups in total. The van der Waals surface area contributed by atoms with Crippen LogP contribution in [0.2, 0.25) is 0 Å². The van der Waals surface area contributed by atoms with Crippen molar-refractivity contribution in [3.63, 3.8) is 0 Å². The van der Waals surface area contributed by atoms with Gasteiger partial charge >= 0.3 is 0 Å². The van der Waals surface area contributed by atoms with E-state index in [4.69, 9.17) is 24.5 Å². The fraction of sp³-hybridized carbons (Fsp3) is 0.893. The quantitative estimate of drug-likeness (QED) is 0.0878. The molecule has 0 saturated heterocycles. The van der Waals surface area contributed by atoms with Gasteiger partial charge in [-0.05, 0) is 32.1 Å². The number of carbonyl (C=O) groups is 1. The smallest absolute Gasteiger partial charge is 0.300 e. The molecular weight excluding hydrogens is 464 g/mol. The molecule has 0 aromatic heterocycles. The number of carboxylic acids is 1. The lowest BCUT2D eigenvalue weighted by atomic mass is 9.92. The van der Waals surface area contributed by atoms with Crippen LogP contribution in [0, 0.1) is 5.41 Å². The lowest BCUT2D eigenvalue weighted by molar-refractivity contribution is -0.134. The van der Waals surface area contributed by atoms with Gasteiger partial charge in [0.2, 0.25) is 0 Å². The van der Waals surface area contributed by atoms with E-state index in [1.807, 2.05) is 0 Å². The molecule has 0 aromatic rings. The second-order valence-electron chi connectivity index (χ2n) is 9.68. The van der Waals surface area contributed by atoms with Crippen LogP contribution in [0.5, 0.6) is 0 Å². The number of unbranched alkanes of at least 4 members (excludes halogenated alkanes) is 12. The number of allylic oxidation sites excluding steroid dienone is 2. The predicted molar refractivity (Wildman–Crippen MR) is 144 cm³/mol. The summed E-state index contributed by atoms with van der Waals surface area (Å²) in [4.78, 5) is 9.00. The van der Waals surface area contributed by atoms with Crippen LogP contribution in [-0.2, 0) is 14.3 Å². The van der Waals surface area contributed by atoms with Crippen molar-refractivity contribution in [2.24, 2.45) is 5.41 Å². The predicted octanol–water partition coefficient (Wildman–Crippen LogP) is 4.47. The maximum Gasteiger partial charge on any atom is 0.300 e. The topological polar surface area (TPSA) is 137 Å². The van der Waals surface area contributed by atoms with E-state index in [-0.39, 0.29) is 39.6 Å². The number of aliphatic hydroxyl groups excluding tert-OH is 4. The molecular formula is C28H56O8. The Bertz CT molecular complexity index is 476. The molecule has 0 radical (unpaired) electrons. The highest BCUT2D eigenvalue weighted by Crippen LogP contribution is 2.18. The van der Waals surface area contributed by atoms with Crippen molar-refractivity contribution in [1.29, 1.82) is 0 Å². The molecule has 0 saturated carbocycles. The maximum absolute atomic E-state index is 9.61. The van der Waals surface area contributed by atoms with Crippen LogP contribution in [0.3, 0.4) is 0 Å². The fourth-order valence-electron chi connectivity index (χ4n) is 3.48. The van der Waals surface area contributed by atoms with Gasteiger partial charge in [-0.3, -0.25) is 4.79 Å². The van der Waals surface area contributed by atoms with Gasteiger partial charge < -0.3 is 35.0 Å². The fourth-order valence-corrected chi connectivity index (χ4v) is 3.48. The second-order valence-corrected chi connectivity index (χ2v) is 9.68. The third-order valence-corrected chi connectivity index (χ3v) is 5.81. The Labute approximate surface area is 219 Å². The molecule has 8 heteroatoms. The minimum absolute atomic E-state index is 0.0346. The number of aliphatic carboxylic acids is 1. The summed E-state index contributed by atoms with van der Waals surface area (Å²) in [6.45, 7) is 3.30. The van der Waals surface area contributed by atoms with Crippen LogP contribution in [0.1, 0.15) is 104 Å². The molecule has 0 bridgehead atoms. The normalized spacial score (nSPS) is 12.5. The van der Waals surface area contributed by atoms with Crippen molar-refractivity contribution >= 4 is 5.97 Å². The van der Waals surface area contributed by atoms with E-state index in [1.165, 1.54) is 77.0 Å². The third kappa shape index (κ3) is 27.6. The number of ether oxygens (including phenoxy) is 2. The largest absolute Gasteiger partial charge is 0.481 e. The summed E-state index contributed by atoms with van der Waals surface area (Å²) in [5, 5.41) is 44.7. The highest BCUT2D eigenvalue weighted by atomic mass is 16.5. The van der Waals surface area contributed by atoms with Crippen molar-refractivity contribution in [2.75, 3.05) is 46.2 Å². The minimum Gasteiger partial charge on any atom is -0.481 e. The lowest BCUT2D eigenvalue weighted by Gasteiger charge is -2.29. The van der Waals surface area contributed by atoms with E-state index in [0.717, 1.165) is 19.8 Å². The Morgan fingerprint density at radius 2 is 1.22 bits per heavy atom. The third-order valence-electron chi connectivity index (χ3n) is 5.81. The Morgan fingerprint density at radius 1 is 0.778 bits per heavy atom. The van der Waals surface area contributed by atoms with Crippen molar-refractivity contribution in [3.05, 3.63) is 12.2 Å². The first-order chi connectivity index (χ1) is 17.4. The summed E-state index contributed by atoms with van der Waals surface area (Å²) in [6.07, 6.45) is 21.5. The summed E-state index contributed by atoms with van der Waals surface area (Å²) in [5.41, 5.74) is -0.877. The number of aliphatic hydroxyl groups is 4. The van der Waals surface area contributed by atoms with E-state index >= 15 is 0 Å². The average molecular weight is 521 g/mol. The summed E-state index contributed by atoms with van der Waals surface area (Å²) in [6, 6.07) is 0. The molecule has 8 nitrogen and oxygen atoms in total. The average Bonchev–Trinajstić information content (AvgIpc) is 2.86. The van der Waals surface area contributed by atoms with Crippen LogP contribution >= 0.6 is 0 Å². The van der Waals surface area contributed by atoms with Gasteiger partial charge in [0.05, 0.1) is 45.1 Å². The SMILES string of the molecule is CC(=O)O.CCCCCCCC/C=C\CCCCCCCCOCC(CO)(CO)COCC(O)CO. The molecule has 0 aliphatic rings. The lowest BCUT2D eigenvalue weighted by Crippen LogP contribution is -2.40. The number of hydrogen-bond donors (Lipinski definition) is 5. The zero-order valence-electron chi connectivity index (χ0n) is 23.0. The first kappa shape index (κ1) is 37.1. The van der Waals surface area contributed by atoms with Gasteiger partial charge in [-0.25, -0.2) is 0 Å². The first-order valence-corrected chi connectivity index (χ1v) is 13.9. The van der Waals surface area contributed by atoms with Gasteiger partial charge in [0.1, 0.15) is 6.10 Å². The van der Waals surface area contributed by atoms with E-state index in [9.17, 15) is 15.3 Å². The van der Waals surface area contributed by atoms with Crippen LogP contribution < -0.4 is 0 Å². The minimum atomic E-state index is -0.952. The van der Waals surface area contributed by atoms with E-state index < -0.39 is 17.5 Å². The molecule has 0 heterocycles. The van der Waals surface area contributed by atoms with Crippen LogP contribution in [0.4, 0.5) is 0 Å². The zero-order valence-corrected chi connectivity index (χ0v) is 23.0. The van der Waals surface area contributed by atoms with Gasteiger partial charge in [-0.1, -0.05) is 76.9 Å². The molecule has 216 valence electrons. The van der Waals surface area contributed by atoms with Crippen molar-refractivity contribution in [1.82, 2.24) is 0 Å². The van der Waals surface area contributed by atoms with Gasteiger partial charge in [0.25, 0.3) is 5.97 Å². The Hall–Kier alpha value is -1.03. The molecule has 0 spiro atoms. The maximum atomic E-state index is 9.61. The summed E-state index contributed by atoms with van der Waals surface area (Å²) < 4.78 is 11.0. The van der Waals surface area contributed by atoms with Crippen molar-refractivity contribution in [2.45, 2.75) is 110 Å². The number of rotatable bonds is 25. The molecule has 36 heavy (non-hydrogen) atoms. The van der Waals surface area contributed by atoms with Crippen molar-refractivity contribution in [3.8, 4) is 0 Å². The highest BCUT2D eigenvalue weighted by Gasteiger charge is 2.30. The molecule has 0 fully saturated rings. The van der Waals surface area contributed by atoms with Gasteiger partial charge in [0, 0.05) is 13.5 Å². The first-order valence-electron chi connectivity index (χ1n) is 13.9. The van der Waals surface area contributed by atoms with E-state index in [0.29, 0.717) is 6.61 Å².